The predicted octanol–water partition coefficient (Wildman–Crippen LogP) is 0.841. The van der Waals surface area contributed by atoms with Crippen molar-refractivity contribution in [3.05, 3.63) is 52.1 Å². The maximum atomic E-state index is 13.1. The number of likely N-dealkylation sites (N-methyl/N-ethyl adjacent to an activating group) is 1. The van der Waals surface area contributed by atoms with Gasteiger partial charge in [-0.25, -0.2) is 4.98 Å². The second kappa shape index (κ2) is 8.34. The number of carbonyl (C=O) groups excluding carboxylic acids is 1. The lowest BCUT2D eigenvalue weighted by Crippen LogP contribution is -2.38. The van der Waals surface area contributed by atoms with Crippen molar-refractivity contribution in [1.82, 2.24) is 14.9 Å². The number of anilines is 2. The van der Waals surface area contributed by atoms with Gasteiger partial charge >= 0.3 is 0 Å². The van der Waals surface area contributed by atoms with Gasteiger partial charge in [-0.3, -0.25) is 9.59 Å². The van der Waals surface area contributed by atoms with Crippen molar-refractivity contribution in [2.24, 2.45) is 0 Å². The lowest BCUT2D eigenvalue weighted by molar-refractivity contribution is -0.118. The van der Waals surface area contributed by atoms with E-state index in [9.17, 15) is 9.59 Å². The molecule has 1 N–H and O–H groups in total. The number of benzene rings is 1. The Morgan fingerprint density at radius 2 is 2.03 bits per heavy atom. The van der Waals surface area contributed by atoms with Crippen LogP contribution >= 0.6 is 0 Å². The Kier molecular flexibility index (Phi) is 5.64. The molecule has 4 rings (SSSR count). The second-order valence-corrected chi connectivity index (χ2v) is 7.85. The SMILES string of the molecule is CN(C)C[C@H]1CN(C(=O)Cc2nc(N3CCOCC3)cc(=O)[nH]2)c2ccccc21. The topological polar surface area (TPSA) is 81.8 Å². The highest BCUT2D eigenvalue weighted by Gasteiger charge is 2.32. The number of fused-ring (bicyclic) bond motifs is 1. The molecule has 2 aliphatic rings. The number of carbonyl (C=O) groups is 1. The Bertz CT molecular complexity index is 936. The molecule has 1 aromatic carbocycles. The van der Waals surface area contributed by atoms with Crippen molar-refractivity contribution in [2.45, 2.75) is 12.3 Å². The van der Waals surface area contributed by atoms with Gasteiger partial charge in [0.25, 0.3) is 5.56 Å². The van der Waals surface area contributed by atoms with Gasteiger partial charge in [0.1, 0.15) is 11.6 Å². The van der Waals surface area contributed by atoms with Gasteiger partial charge in [-0.15, -0.1) is 0 Å². The first kappa shape index (κ1) is 19.6. The zero-order valence-electron chi connectivity index (χ0n) is 16.9. The van der Waals surface area contributed by atoms with E-state index in [1.807, 2.05) is 42.1 Å². The van der Waals surface area contributed by atoms with E-state index in [4.69, 9.17) is 4.74 Å². The minimum absolute atomic E-state index is 0.0546. The summed E-state index contributed by atoms with van der Waals surface area (Å²) in [5, 5.41) is 0. The molecule has 0 unspecified atom stereocenters. The average molecular weight is 397 g/mol. The molecule has 8 heteroatoms. The van der Waals surface area contributed by atoms with Crippen molar-refractivity contribution in [1.29, 1.82) is 0 Å². The van der Waals surface area contributed by atoms with Crippen LogP contribution in [0.15, 0.2) is 35.1 Å². The molecule has 154 valence electrons. The van der Waals surface area contributed by atoms with Gasteiger partial charge in [-0.2, -0.15) is 0 Å². The summed E-state index contributed by atoms with van der Waals surface area (Å²) in [6.45, 7) is 4.12. The Labute approximate surface area is 170 Å². The highest BCUT2D eigenvalue weighted by atomic mass is 16.5. The molecule has 1 fully saturated rings. The molecule has 1 atom stereocenters. The zero-order chi connectivity index (χ0) is 20.4. The second-order valence-electron chi connectivity index (χ2n) is 7.85. The third-order valence-electron chi connectivity index (χ3n) is 5.39. The number of nitrogens with zero attached hydrogens (tertiary/aromatic N) is 4. The van der Waals surface area contributed by atoms with E-state index in [0.29, 0.717) is 44.5 Å². The van der Waals surface area contributed by atoms with E-state index in [1.54, 1.807) is 0 Å². The molecule has 1 amide bonds. The molecule has 0 radical (unpaired) electrons. The van der Waals surface area contributed by atoms with Crippen LogP contribution in [-0.2, 0) is 16.0 Å². The Morgan fingerprint density at radius 3 is 2.79 bits per heavy atom. The number of aromatic nitrogens is 2. The quantitative estimate of drug-likeness (QED) is 0.805. The highest BCUT2D eigenvalue weighted by Crippen LogP contribution is 2.36. The molecule has 0 spiro atoms. The number of nitrogens with one attached hydrogen (secondary N) is 1. The monoisotopic (exact) mass is 397 g/mol. The number of aromatic amines is 1. The van der Waals surface area contributed by atoms with E-state index < -0.39 is 0 Å². The first-order chi connectivity index (χ1) is 14.0. The van der Waals surface area contributed by atoms with Crippen LogP contribution in [0.4, 0.5) is 11.5 Å². The number of para-hydroxylation sites is 1. The number of hydrogen-bond acceptors (Lipinski definition) is 6. The van der Waals surface area contributed by atoms with Crippen LogP contribution in [0.1, 0.15) is 17.3 Å². The highest BCUT2D eigenvalue weighted by molar-refractivity contribution is 5.96. The van der Waals surface area contributed by atoms with Crippen molar-refractivity contribution in [2.75, 3.05) is 63.3 Å². The minimum Gasteiger partial charge on any atom is -0.378 e. The molecule has 29 heavy (non-hydrogen) atoms. The smallest absolute Gasteiger partial charge is 0.252 e. The molecule has 2 aromatic rings. The first-order valence-corrected chi connectivity index (χ1v) is 9.98. The van der Waals surface area contributed by atoms with Gasteiger partial charge in [-0.1, -0.05) is 18.2 Å². The zero-order valence-corrected chi connectivity index (χ0v) is 16.9. The van der Waals surface area contributed by atoms with Crippen molar-refractivity contribution in [3.8, 4) is 0 Å². The summed E-state index contributed by atoms with van der Waals surface area (Å²) in [5.74, 6) is 1.22. The van der Waals surface area contributed by atoms with Gasteiger partial charge in [0.2, 0.25) is 5.91 Å². The van der Waals surface area contributed by atoms with Crippen LogP contribution in [0.3, 0.4) is 0 Å². The van der Waals surface area contributed by atoms with Crippen molar-refractivity contribution >= 4 is 17.4 Å². The van der Waals surface area contributed by atoms with Gasteiger partial charge < -0.3 is 24.4 Å². The van der Waals surface area contributed by atoms with Crippen molar-refractivity contribution in [3.63, 3.8) is 0 Å². The van der Waals surface area contributed by atoms with Crippen LogP contribution in [0.2, 0.25) is 0 Å². The number of ether oxygens (including phenoxy) is 1. The van der Waals surface area contributed by atoms with Crippen LogP contribution in [-0.4, -0.2) is 74.3 Å². The summed E-state index contributed by atoms with van der Waals surface area (Å²) >= 11 is 0. The van der Waals surface area contributed by atoms with E-state index >= 15 is 0 Å². The van der Waals surface area contributed by atoms with Crippen molar-refractivity contribution < 1.29 is 9.53 Å². The van der Waals surface area contributed by atoms with Gasteiger partial charge in [0.15, 0.2) is 0 Å². The lowest BCUT2D eigenvalue weighted by atomic mass is 10.0. The molecule has 2 aliphatic heterocycles. The molecule has 8 nitrogen and oxygen atoms in total. The maximum Gasteiger partial charge on any atom is 0.252 e. The first-order valence-electron chi connectivity index (χ1n) is 9.98. The molecular weight excluding hydrogens is 370 g/mol. The Balaban J connectivity index is 1.54. The Morgan fingerprint density at radius 1 is 1.28 bits per heavy atom. The van der Waals surface area contributed by atoms with E-state index in [1.165, 1.54) is 11.6 Å². The Hall–Kier alpha value is -2.71. The molecule has 1 saturated heterocycles. The summed E-state index contributed by atoms with van der Waals surface area (Å²) in [6, 6.07) is 9.54. The van der Waals surface area contributed by atoms with Crippen LogP contribution in [0.5, 0.6) is 0 Å². The van der Waals surface area contributed by atoms with Crippen LogP contribution in [0.25, 0.3) is 0 Å². The number of H-pyrrole nitrogens is 1. The summed E-state index contributed by atoms with van der Waals surface area (Å²) < 4.78 is 5.36. The summed E-state index contributed by atoms with van der Waals surface area (Å²) in [7, 11) is 4.08. The number of amides is 1. The van der Waals surface area contributed by atoms with Gasteiger partial charge in [0.05, 0.1) is 19.6 Å². The fourth-order valence-electron chi connectivity index (χ4n) is 4.10. The third kappa shape index (κ3) is 4.33. The fraction of sp³-hybridized carbons (Fsp3) is 0.476. The largest absolute Gasteiger partial charge is 0.378 e. The number of morpholine rings is 1. The normalized spacial score (nSPS) is 18.9. The van der Waals surface area contributed by atoms with Gasteiger partial charge in [-0.05, 0) is 25.7 Å². The summed E-state index contributed by atoms with van der Waals surface area (Å²) in [6.07, 6.45) is 0.0659. The number of hydrogen-bond donors (Lipinski definition) is 1. The molecule has 0 saturated carbocycles. The van der Waals surface area contributed by atoms with Crippen LogP contribution < -0.4 is 15.4 Å². The fourth-order valence-corrected chi connectivity index (χ4v) is 4.10. The summed E-state index contributed by atoms with van der Waals surface area (Å²) in [5.41, 5.74) is 1.91. The molecule has 0 aliphatic carbocycles. The lowest BCUT2D eigenvalue weighted by Gasteiger charge is -2.27. The minimum atomic E-state index is -0.239. The maximum absolute atomic E-state index is 13.1. The molecule has 3 heterocycles. The summed E-state index contributed by atoms with van der Waals surface area (Å²) in [4.78, 5) is 38.5. The van der Waals surface area contributed by atoms with Gasteiger partial charge in [0, 0.05) is 43.9 Å². The third-order valence-corrected chi connectivity index (χ3v) is 5.39. The van der Waals surface area contributed by atoms with E-state index in [2.05, 4.69) is 20.9 Å². The number of rotatable bonds is 5. The standard InChI is InChI=1S/C21H27N5O3/c1-24(2)13-15-14-26(17-6-4-3-5-16(15)17)21(28)11-18-22-19(12-20(27)23-18)25-7-9-29-10-8-25/h3-6,12,15H,7-11,13-14H2,1-2H3,(H,22,23,27)/t15-/m0/s1. The van der Waals surface area contributed by atoms with Crippen LogP contribution in [0, 0.1) is 0 Å². The van der Waals surface area contributed by atoms with E-state index in [0.717, 1.165) is 12.2 Å². The van der Waals surface area contributed by atoms with E-state index in [-0.39, 0.29) is 23.8 Å². The molecule has 0 bridgehead atoms. The predicted molar refractivity (Wildman–Crippen MR) is 112 cm³/mol. The average Bonchev–Trinajstić information content (AvgIpc) is 3.06. The molecular formula is C21H27N5O3. The molecule has 1 aromatic heterocycles.